The summed E-state index contributed by atoms with van der Waals surface area (Å²) in [4.78, 5) is 14.0. The number of carbonyl (C=O) groups excluding carboxylic acids is 1. The van der Waals surface area contributed by atoms with E-state index in [1.807, 2.05) is 6.92 Å². The summed E-state index contributed by atoms with van der Waals surface area (Å²) in [6, 6.07) is -0.182. The SMILES string of the molecule is CC1Cc2nn3c(c2CN1C(=O)OC(C)(C)C)C(F)(F)CCC(CO)C3. The number of amides is 1. The van der Waals surface area contributed by atoms with Crippen LogP contribution >= 0.6 is 0 Å². The van der Waals surface area contributed by atoms with E-state index in [0.717, 1.165) is 0 Å². The van der Waals surface area contributed by atoms with Gasteiger partial charge in [0.05, 0.1) is 12.2 Å². The summed E-state index contributed by atoms with van der Waals surface area (Å²) < 4.78 is 36.4. The standard InChI is InChI=1S/C18H27F2N3O3/c1-11-7-14-13(9-22(11)16(25)26-17(2,3)4)15-18(19,20)6-5-12(10-24)8-23(15)21-14/h11-12,24H,5-10H2,1-4H3. The van der Waals surface area contributed by atoms with Crippen LogP contribution in [0.4, 0.5) is 13.6 Å². The first-order valence-corrected chi connectivity index (χ1v) is 9.09. The fraction of sp³-hybridized carbons (Fsp3) is 0.778. The fourth-order valence-electron chi connectivity index (χ4n) is 3.69. The summed E-state index contributed by atoms with van der Waals surface area (Å²) in [5, 5.41) is 13.8. The van der Waals surface area contributed by atoms with Crippen LogP contribution < -0.4 is 0 Å². The van der Waals surface area contributed by atoms with Gasteiger partial charge in [0.2, 0.25) is 0 Å². The largest absolute Gasteiger partial charge is 0.444 e. The lowest BCUT2D eigenvalue weighted by Gasteiger charge is -2.35. The minimum Gasteiger partial charge on any atom is -0.444 e. The van der Waals surface area contributed by atoms with Crippen LogP contribution in [-0.4, -0.2) is 44.1 Å². The van der Waals surface area contributed by atoms with Gasteiger partial charge < -0.3 is 14.7 Å². The van der Waals surface area contributed by atoms with Gasteiger partial charge in [0.15, 0.2) is 0 Å². The quantitative estimate of drug-likeness (QED) is 0.824. The number of halogens is 2. The van der Waals surface area contributed by atoms with Crippen molar-refractivity contribution in [3.8, 4) is 0 Å². The Kier molecular flexibility index (Phi) is 4.75. The van der Waals surface area contributed by atoms with Crippen molar-refractivity contribution >= 4 is 6.09 Å². The van der Waals surface area contributed by atoms with Gasteiger partial charge in [-0.1, -0.05) is 0 Å². The molecule has 1 N–H and O–H groups in total. The monoisotopic (exact) mass is 371 g/mol. The second-order valence-corrected chi connectivity index (χ2v) is 8.41. The molecular formula is C18H27F2N3O3. The maximum atomic E-state index is 14.8. The molecule has 2 aliphatic heterocycles. The smallest absolute Gasteiger partial charge is 0.410 e. The third kappa shape index (κ3) is 3.56. The van der Waals surface area contributed by atoms with Gasteiger partial charge in [-0.3, -0.25) is 4.68 Å². The van der Waals surface area contributed by atoms with Crippen LogP contribution in [0.15, 0.2) is 0 Å². The molecule has 0 aliphatic carbocycles. The van der Waals surface area contributed by atoms with Crippen molar-refractivity contribution in [1.82, 2.24) is 14.7 Å². The van der Waals surface area contributed by atoms with E-state index in [2.05, 4.69) is 5.10 Å². The molecule has 1 amide bonds. The van der Waals surface area contributed by atoms with Crippen LogP contribution in [0, 0.1) is 5.92 Å². The molecule has 2 atom stereocenters. The number of aliphatic hydroxyl groups excluding tert-OH is 1. The molecule has 0 spiro atoms. The third-order valence-electron chi connectivity index (χ3n) is 5.01. The number of carbonyl (C=O) groups is 1. The van der Waals surface area contributed by atoms with Crippen LogP contribution in [0.25, 0.3) is 0 Å². The van der Waals surface area contributed by atoms with E-state index < -0.39 is 17.6 Å². The Bertz CT molecular complexity index is 697. The lowest BCUT2D eigenvalue weighted by molar-refractivity contribution is -0.0238. The van der Waals surface area contributed by atoms with E-state index >= 15 is 0 Å². The van der Waals surface area contributed by atoms with Crippen LogP contribution in [0.3, 0.4) is 0 Å². The molecule has 0 bridgehead atoms. The molecule has 1 aromatic rings. The van der Waals surface area contributed by atoms with Crippen molar-refractivity contribution in [2.45, 2.75) is 77.6 Å². The second kappa shape index (κ2) is 6.48. The number of alkyl halides is 2. The summed E-state index contributed by atoms with van der Waals surface area (Å²) in [5.41, 5.74) is 0.290. The summed E-state index contributed by atoms with van der Waals surface area (Å²) in [6.45, 7) is 7.40. The number of rotatable bonds is 1. The number of nitrogens with zero attached hydrogens (tertiary/aromatic N) is 3. The molecule has 26 heavy (non-hydrogen) atoms. The number of hydrogen-bond acceptors (Lipinski definition) is 4. The molecule has 8 heteroatoms. The second-order valence-electron chi connectivity index (χ2n) is 8.41. The molecule has 6 nitrogen and oxygen atoms in total. The summed E-state index contributed by atoms with van der Waals surface area (Å²) >= 11 is 0. The Balaban J connectivity index is 1.95. The molecule has 0 saturated heterocycles. The number of ether oxygens (including phenoxy) is 1. The first-order chi connectivity index (χ1) is 12.0. The van der Waals surface area contributed by atoms with Gasteiger partial charge in [0.1, 0.15) is 11.3 Å². The predicted octanol–water partition coefficient (Wildman–Crippen LogP) is 3.06. The highest BCUT2D eigenvalue weighted by Gasteiger charge is 2.45. The van der Waals surface area contributed by atoms with Gasteiger partial charge in [-0.15, -0.1) is 0 Å². The molecule has 2 aliphatic rings. The first-order valence-electron chi connectivity index (χ1n) is 9.09. The highest BCUT2D eigenvalue weighted by molar-refractivity contribution is 5.69. The highest BCUT2D eigenvalue weighted by Crippen LogP contribution is 2.42. The fourth-order valence-corrected chi connectivity index (χ4v) is 3.69. The predicted molar refractivity (Wildman–Crippen MR) is 90.9 cm³/mol. The van der Waals surface area contributed by atoms with Crippen molar-refractivity contribution in [2.24, 2.45) is 5.92 Å². The maximum Gasteiger partial charge on any atom is 0.410 e. The number of aliphatic hydroxyl groups is 1. The van der Waals surface area contributed by atoms with Gasteiger partial charge in [-0.05, 0) is 34.1 Å². The van der Waals surface area contributed by atoms with Crippen LogP contribution in [0.5, 0.6) is 0 Å². The molecule has 3 heterocycles. The minimum atomic E-state index is -3.02. The lowest BCUT2D eigenvalue weighted by Crippen LogP contribution is -2.45. The topological polar surface area (TPSA) is 67.6 Å². The highest BCUT2D eigenvalue weighted by atomic mass is 19.3. The van der Waals surface area contributed by atoms with E-state index in [0.29, 0.717) is 17.7 Å². The Morgan fingerprint density at radius 1 is 1.42 bits per heavy atom. The van der Waals surface area contributed by atoms with Crippen molar-refractivity contribution in [1.29, 1.82) is 0 Å². The molecular weight excluding hydrogens is 344 g/mol. The zero-order chi connectivity index (χ0) is 19.3. The molecule has 2 unspecified atom stereocenters. The lowest BCUT2D eigenvalue weighted by atomic mass is 9.96. The Morgan fingerprint density at radius 2 is 2.12 bits per heavy atom. The van der Waals surface area contributed by atoms with Gasteiger partial charge in [-0.25, -0.2) is 4.79 Å². The van der Waals surface area contributed by atoms with Crippen molar-refractivity contribution < 1.29 is 23.4 Å². The zero-order valence-electron chi connectivity index (χ0n) is 15.8. The molecule has 0 radical (unpaired) electrons. The summed E-state index contributed by atoms with van der Waals surface area (Å²) in [5.74, 6) is -3.26. The normalized spacial score (nSPS) is 25.3. The summed E-state index contributed by atoms with van der Waals surface area (Å²) in [6.07, 6.45) is -0.165. The molecule has 0 fully saturated rings. The van der Waals surface area contributed by atoms with E-state index in [1.54, 1.807) is 20.8 Å². The Morgan fingerprint density at radius 3 is 2.73 bits per heavy atom. The van der Waals surface area contributed by atoms with Gasteiger partial charge >= 0.3 is 6.09 Å². The van der Waals surface area contributed by atoms with Gasteiger partial charge in [-0.2, -0.15) is 13.9 Å². The Labute approximate surface area is 152 Å². The van der Waals surface area contributed by atoms with E-state index in [-0.39, 0.29) is 50.2 Å². The van der Waals surface area contributed by atoms with Crippen LogP contribution in [0.2, 0.25) is 0 Å². The Hall–Kier alpha value is -1.70. The zero-order valence-corrected chi connectivity index (χ0v) is 15.8. The average Bonchev–Trinajstić information content (AvgIpc) is 2.79. The van der Waals surface area contributed by atoms with Crippen molar-refractivity contribution in [3.05, 3.63) is 17.0 Å². The van der Waals surface area contributed by atoms with E-state index in [9.17, 15) is 18.7 Å². The number of hydrogen-bond donors (Lipinski definition) is 1. The van der Waals surface area contributed by atoms with E-state index in [1.165, 1.54) is 9.58 Å². The molecule has 0 saturated carbocycles. The first kappa shape index (κ1) is 19.1. The van der Waals surface area contributed by atoms with Gasteiger partial charge in [0.25, 0.3) is 5.92 Å². The molecule has 0 aromatic carbocycles. The average molecular weight is 371 g/mol. The number of aromatic nitrogens is 2. The van der Waals surface area contributed by atoms with Crippen molar-refractivity contribution in [3.63, 3.8) is 0 Å². The maximum absolute atomic E-state index is 14.8. The molecule has 3 rings (SSSR count). The number of fused-ring (bicyclic) bond motifs is 3. The third-order valence-corrected chi connectivity index (χ3v) is 5.01. The summed E-state index contributed by atoms with van der Waals surface area (Å²) in [7, 11) is 0. The minimum absolute atomic E-state index is 0.0696. The van der Waals surface area contributed by atoms with Crippen molar-refractivity contribution in [2.75, 3.05) is 6.61 Å². The van der Waals surface area contributed by atoms with E-state index in [4.69, 9.17) is 4.74 Å². The molecule has 1 aromatic heterocycles. The van der Waals surface area contributed by atoms with Crippen LogP contribution in [-0.2, 0) is 30.2 Å². The molecule has 146 valence electrons. The van der Waals surface area contributed by atoms with Gasteiger partial charge in [0, 0.05) is 43.5 Å². The van der Waals surface area contributed by atoms with Crippen LogP contribution in [0.1, 0.15) is 57.5 Å².